The Morgan fingerprint density at radius 2 is 2.14 bits per heavy atom. The standard InChI is InChI=1S/C13H19N3O4S/c1-8(10-4-3-7-21-10)16(2)13(20)15-9(12(18)19)5-6-11(14)17/h3-4,7-9H,5-6H2,1-2H3,(H2,14,17)(H,15,20)(H,18,19)/t8?,9-/m0/s1. The highest BCUT2D eigenvalue weighted by Crippen LogP contribution is 2.23. The van der Waals surface area contributed by atoms with E-state index < -0.39 is 23.9 Å². The molecule has 0 saturated carbocycles. The lowest BCUT2D eigenvalue weighted by Gasteiger charge is -2.26. The fourth-order valence-corrected chi connectivity index (χ4v) is 2.52. The first-order valence-corrected chi connectivity index (χ1v) is 7.28. The predicted molar refractivity (Wildman–Crippen MR) is 78.9 cm³/mol. The molecule has 21 heavy (non-hydrogen) atoms. The largest absolute Gasteiger partial charge is 0.480 e. The summed E-state index contributed by atoms with van der Waals surface area (Å²) >= 11 is 1.52. The van der Waals surface area contributed by atoms with Gasteiger partial charge in [0.2, 0.25) is 5.91 Å². The van der Waals surface area contributed by atoms with Crippen LogP contribution < -0.4 is 11.1 Å². The average Bonchev–Trinajstić information content (AvgIpc) is 2.94. The van der Waals surface area contributed by atoms with E-state index >= 15 is 0 Å². The molecule has 7 nitrogen and oxygen atoms in total. The molecule has 1 aromatic heterocycles. The summed E-state index contributed by atoms with van der Waals surface area (Å²) in [5, 5.41) is 13.4. The van der Waals surface area contributed by atoms with Crippen molar-refractivity contribution in [1.82, 2.24) is 10.2 Å². The molecule has 0 saturated heterocycles. The van der Waals surface area contributed by atoms with Gasteiger partial charge in [0.1, 0.15) is 6.04 Å². The normalized spacial score (nSPS) is 13.2. The Morgan fingerprint density at radius 1 is 1.48 bits per heavy atom. The number of primary amides is 1. The van der Waals surface area contributed by atoms with Crippen molar-refractivity contribution in [3.8, 4) is 0 Å². The van der Waals surface area contributed by atoms with Gasteiger partial charge < -0.3 is 21.1 Å². The summed E-state index contributed by atoms with van der Waals surface area (Å²) in [5.74, 6) is -1.79. The molecule has 0 fully saturated rings. The van der Waals surface area contributed by atoms with E-state index in [1.54, 1.807) is 7.05 Å². The topological polar surface area (TPSA) is 113 Å². The van der Waals surface area contributed by atoms with Gasteiger partial charge in [-0.25, -0.2) is 9.59 Å². The summed E-state index contributed by atoms with van der Waals surface area (Å²) in [6.07, 6.45) is -0.126. The summed E-state index contributed by atoms with van der Waals surface area (Å²) in [6.45, 7) is 1.85. The molecule has 0 radical (unpaired) electrons. The highest BCUT2D eigenvalue weighted by molar-refractivity contribution is 7.10. The minimum atomic E-state index is -1.19. The zero-order chi connectivity index (χ0) is 16.0. The van der Waals surface area contributed by atoms with Crippen LogP contribution in [0.2, 0.25) is 0 Å². The number of carboxylic acids is 1. The van der Waals surface area contributed by atoms with Gasteiger partial charge in [0.05, 0.1) is 6.04 Å². The van der Waals surface area contributed by atoms with Crippen LogP contribution in [0.15, 0.2) is 17.5 Å². The third kappa shape index (κ3) is 5.07. The number of rotatable bonds is 7. The number of aliphatic carboxylic acids is 1. The number of carboxylic acid groups (broad SMARTS) is 1. The lowest BCUT2D eigenvalue weighted by Crippen LogP contribution is -2.47. The second-order valence-corrected chi connectivity index (χ2v) is 5.63. The minimum absolute atomic E-state index is 0.0301. The Kier molecular flexibility index (Phi) is 6.16. The second-order valence-electron chi connectivity index (χ2n) is 4.65. The predicted octanol–water partition coefficient (Wildman–Crippen LogP) is 1.17. The molecular weight excluding hydrogens is 294 g/mol. The number of nitrogens with one attached hydrogen (secondary N) is 1. The summed E-state index contributed by atoms with van der Waals surface area (Å²) < 4.78 is 0. The number of thiophene rings is 1. The zero-order valence-corrected chi connectivity index (χ0v) is 12.7. The van der Waals surface area contributed by atoms with Crippen molar-refractivity contribution in [3.63, 3.8) is 0 Å². The van der Waals surface area contributed by atoms with Gasteiger partial charge in [-0.2, -0.15) is 0 Å². The second kappa shape index (κ2) is 7.63. The van der Waals surface area contributed by atoms with Crippen LogP contribution in [0, 0.1) is 0 Å². The van der Waals surface area contributed by atoms with Crippen LogP contribution in [0.5, 0.6) is 0 Å². The fourth-order valence-electron chi connectivity index (χ4n) is 1.69. The number of hydrogen-bond acceptors (Lipinski definition) is 4. The summed E-state index contributed by atoms with van der Waals surface area (Å²) in [4.78, 5) is 36.3. The van der Waals surface area contributed by atoms with Crippen LogP contribution in [0.3, 0.4) is 0 Å². The van der Waals surface area contributed by atoms with Gasteiger partial charge in [0, 0.05) is 18.3 Å². The number of urea groups is 1. The quantitative estimate of drug-likeness (QED) is 0.701. The first-order chi connectivity index (χ1) is 9.82. The molecule has 3 amide bonds. The van der Waals surface area contributed by atoms with Gasteiger partial charge in [-0.05, 0) is 24.8 Å². The Balaban J connectivity index is 2.63. The highest BCUT2D eigenvalue weighted by atomic mass is 32.1. The van der Waals surface area contributed by atoms with E-state index in [1.165, 1.54) is 16.2 Å². The maximum Gasteiger partial charge on any atom is 0.326 e. The van der Waals surface area contributed by atoms with Crippen molar-refractivity contribution in [2.75, 3.05) is 7.05 Å². The summed E-state index contributed by atoms with van der Waals surface area (Å²) in [5.41, 5.74) is 4.99. The number of carbonyl (C=O) groups excluding carboxylic acids is 2. The molecular formula is C13H19N3O4S. The van der Waals surface area contributed by atoms with E-state index in [1.807, 2.05) is 24.4 Å². The number of nitrogens with zero attached hydrogens (tertiary/aromatic N) is 1. The fraction of sp³-hybridized carbons (Fsp3) is 0.462. The van der Waals surface area contributed by atoms with E-state index in [0.717, 1.165) is 4.88 Å². The lowest BCUT2D eigenvalue weighted by molar-refractivity contribution is -0.139. The molecule has 0 spiro atoms. The molecule has 0 aliphatic rings. The van der Waals surface area contributed by atoms with Crippen molar-refractivity contribution in [3.05, 3.63) is 22.4 Å². The van der Waals surface area contributed by atoms with Gasteiger partial charge in [0.15, 0.2) is 0 Å². The monoisotopic (exact) mass is 313 g/mol. The van der Waals surface area contributed by atoms with Crippen molar-refractivity contribution < 1.29 is 19.5 Å². The van der Waals surface area contributed by atoms with Crippen LogP contribution >= 0.6 is 11.3 Å². The van der Waals surface area contributed by atoms with Gasteiger partial charge in [-0.1, -0.05) is 6.07 Å². The van der Waals surface area contributed by atoms with Crippen molar-refractivity contribution in [2.24, 2.45) is 5.73 Å². The number of hydrogen-bond donors (Lipinski definition) is 3. The molecule has 0 aliphatic heterocycles. The molecule has 4 N–H and O–H groups in total. The molecule has 1 aromatic rings. The summed E-state index contributed by atoms with van der Waals surface area (Å²) in [6, 6.07) is 1.97. The van der Waals surface area contributed by atoms with E-state index in [0.29, 0.717) is 0 Å². The maximum atomic E-state index is 12.1. The van der Waals surface area contributed by atoms with Crippen LogP contribution in [0.4, 0.5) is 4.79 Å². The Hall–Kier alpha value is -2.09. The van der Waals surface area contributed by atoms with Gasteiger partial charge >= 0.3 is 12.0 Å². The third-order valence-electron chi connectivity index (χ3n) is 3.13. The highest BCUT2D eigenvalue weighted by Gasteiger charge is 2.24. The Labute approximate surface area is 126 Å². The number of carbonyl (C=O) groups is 3. The molecule has 1 rings (SSSR count). The Morgan fingerprint density at radius 3 is 2.62 bits per heavy atom. The van der Waals surface area contributed by atoms with E-state index in [9.17, 15) is 14.4 Å². The Bertz CT molecular complexity index is 504. The van der Waals surface area contributed by atoms with E-state index in [4.69, 9.17) is 10.8 Å². The molecule has 0 bridgehead atoms. The van der Waals surface area contributed by atoms with E-state index in [2.05, 4.69) is 5.32 Å². The van der Waals surface area contributed by atoms with Crippen molar-refractivity contribution >= 4 is 29.2 Å². The van der Waals surface area contributed by atoms with Crippen LogP contribution in [0.25, 0.3) is 0 Å². The van der Waals surface area contributed by atoms with Gasteiger partial charge in [-0.15, -0.1) is 11.3 Å². The lowest BCUT2D eigenvalue weighted by atomic mass is 10.1. The van der Waals surface area contributed by atoms with Crippen LogP contribution in [-0.4, -0.2) is 41.0 Å². The molecule has 1 unspecified atom stereocenters. The smallest absolute Gasteiger partial charge is 0.326 e. The first kappa shape index (κ1) is 17.0. The van der Waals surface area contributed by atoms with Crippen molar-refractivity contribution in [2.45, 2.75) is 31.8 Å². The van der Waals surface area contributed by atoms with Gasteiger partial charge in [-0.3, -0.25) is 4.79 Å². The molecule has 1 heterocycles. The van der Waals surface area contributed by atoms with Crippen molar-refractivity contribution in [1.29, 1.82) is 0 Å². The first-order valence-electron chi connectivity index (χ1n) is 6.40. The number of nitrogens with two attached hydrogens (primary N) is 1. The van der Waals surface area contributed by atoms with Crippen LogP contribution in [0.1, 0.15) is 30.7 Å². The minimum Gasteiger partial charge on any atom is -0.480 e. The van der Waals surface area contributed by atoms with Crippen LogP contribution in [-0.2, 0) is 9.59 Å². The number of amides is 3. The SMILES string of the molecule is CC(c1cccs1)N(C)C(=O)N[C@@H](CCC(N)=O)C(=O)O. The zero-order valence-electron chi connectivity index (χ0n) is 11.9. The third-order valence-corrected chi connectivity index (χ3v) is 4.17. The maximum absolute atomic E-state index is 12.1. The van der Waals surface area contributed by atoms with Gasteiger partial charge in [0.25, 0.3) is 0 Å². The molecule has 0 aromatic carbocycles. The van der Waals surface area contributed by atoms with E-state index in [-0.39, 0.29) is 18.9 Å². The summed E-state index contributed by atoms with van der Waals surface area (Å²) in [7, 11) is 1.59. The average molecular weight is 313 g/mol. The molecule has 2 atom stereocenters. The molecule has 116 valence electrons. The molecule has 0 aliphatic carbocycles. The molecule has 8 heteroatoms.